The van der Waals surface area contributed by atoms with Gasteiger partial charge in [-0.2, -0.15) is 0 Å². The number of hydrogen-bond acceptors (Lipinski definition) is 0. The Morgan fingerprint density at radius 2 is 0.475 bits per heavy atom. The van der Waals surface area contributed by atoms with Crippen molar-refractivity contribution in [2.75, 3.05) is 0 Å². The molecule has 0 saturated heterocycles. The van der Waals surface area contributed by atoms with Crippen LogP contribution in [-0.4, -0.2) is 0 Å². The van der Waals surface area contributed by atoms with Crippen molar-refractivity contribution in [3.05, 3.63) is 144 Å². The maximum Gasteiger partial charge on any atom is 0.361 e. The fourth-order valence-electron chi connectivity index (χ4n) is 4.78. The van der Waals surface area contributed by atoms with Crippen LogP contribution in [0.15, 0.2) is 130 Å². The Bertz CT molecular complexity index is 1510. The molecule has 0 spiro atoms. The topological polar surface area (TPSA) is 22.6 Å². The molecule has 0 aliphatic rings. The highest BCUT2D eigenvalue weighted by Crippen LogP contribution is 2.37. The molecule has 2 nitrogen and oxygen atoms in total. The standard InChI is InChI=1S/C38H32O2/c1-25-5-13-29(14-6-25)35-21-33(22-36(39-35)30-15-7-26(2)8-16-30)34-23-37(31-17-9-27(3)10-18-31)40-38(24-34)32-19-11-28(4)12-20-32/h5-24H,1-4H3/q+2. The van der Waals surface area contributed by atoms with Gasteiger partial charge in [0.05, 0.1) is 46.5 Å². The van der Waals surface area contributed by atoms with E-state index in [-0.39, 0.29) is 0 Å². The van der Waals surface area contributed by atoms with Crippen molar-refractivity contribution >= 4 is 0 Å². The Morgan fingerprint density at radius 3 is 0.675 bits per heavy atom. The largest absolute Gasteiger partial charge is 0.361 e. The molecule has 40 heavy (non-hydrogen) atoms. The first-order valence-electron chi connectivity index (χ1n) is 13.7. The highest BCUT2D eigenvalue weighted by Gasteiger charge is 2.25. The van der Waals surface area contributed by atoms with E-state index in [1.54, 1.807) is 0 Å². The summed E-state index contributed by atoms with van der Waals surface area (Å²) in [6.45, 7) is 8.40. The predicted octanol–water partition coefficient (Wildman–Crippen LogP) is 11.0. The molecular weight excluding hydrogens is 488 g/mol. The van der Waals surface area contributed by atoms with Gasteiger partial charge in [-0.05, 0) is 76.2 Å². The van der Waals surface area contributed by atoms with Crippen molar-refractivity contribution in [1.29, 1.82) is 0 Å². The summed E-state index contributed by atoms with van der Waals surface area (Å²) >= 11 is 0. The van der Waals surface area contributed by atoms with Gasteiger partial charge in [0.25, 0.3) is 0 Å². The van der Waals surface area contributed by atoms with E-state index in [0.29, 0.717) is 0 Å². The predicted molar refractivity (Wildman–Crippen MR) is 166 cm³/mol. The van der Waals surface area contributed by atoms with Crippen molar-refractivity contribution in [3.8, 4) is 56.4 Å². The van der Waals surface area contributed by atoms with E-state index in [4.69, 9.17) is 8.83 Å². The van der Waals surface area contributed by atoms with Crippen LogP contribution in [-0.2, 0) is 0 Å². The molecule has 0 fully saturated rings. The van der Waals surface area contributed by atoms with Crippen molar-refractivity contribution < 1.29 is 8.83 Å². The Kier molecular flexibility index (Phi) is 6.84. The van der Waals surface area contributed by atoms with Crippen LogP contribution in [0.5, 0.6) is 0 Å². The molecule has 6 rings (SSSR count). The van der Waals surface area contributed by atoms with Crippen LogP contribution in [0.1, 0.15) is 22.3 Å². The van der Waals surface area contributed by atoms with E-state index in [9.17, 15) is 0 Å². The van der Waals surface area contributed by atoms with Gasteiger partial charge in [0.2, 0.25) is 0 Å². The Hall–Kier alpha value is -4.82. The zero-order chi connectivity index (χ0) is 27.6. The second-order valence-corrected chi connectivity index (χ2v) is 10.6. The normalized spacial score (nSPS) is 11.0. The van der Waals surface area contributed by atoms with Crippen LogP contribution in [0.3, 0.4) is 0 Å². The minimum Gasteiger partial charge on any atom is -0.207 e. The first kappa shape index (κ1) is 25.5. The highest BCUT2D eigenvalue weighted by molar-refractivity contribution is 5.79. The molecular formula is C38H32O2+2. The molecule has 0 saturated carbocycles. The summed E-state index contributed by atoms with van der Waals surface area (Å²) in [5.74, 6) is 3.29. The van der Waals surface area contributed by atoms with Crippen LogP contribution in [0.4, 0.5) is 0 Å². The molecule has 194 valence electrons. The van der Waals surface area contributed by atoms with Crippen LogP contribution >= 0.6 is 0 Å². The van der Waals surface area contributed by atoms with Gasteiger partial charge < -0.3 is 0 Å². The summed E-state index contributed by atoms with van der Waals surface area (Å²) in [6.07, 6.45) is 0. The molecule has 4 aromatic carbocycles. The summed E-state index contributed by atoms with van der Waals surface area (Å²) in [4.78, 5) is 0. The number of rotatable bonds is 5. The number of aryl methyl sites for hydroxylation is 4. The summed E-state index contributed by atoms with van der Waals surface area (Å²) in [5.41, 5.74) is 11.2. The summed E-state index contributed by atoms with van der Waals surface area (Å²) in [7, 11) is 0. The van der Waals surface area contributed by atoms with Gasteiger partial charge >= 0.3 is 23.0 Å². The van der Waals surface area contributed by atoms with Gasteiger partial charge in [0.15, 0.2) is 0 Å². The quantitative estimate of drug-likeness (QED) is 0.211. The zero-order valence-corrected chi connectivity index (χ0v) is 23.4. The smallest absolute Gasteiger partial charge is 0.207 e. The third-order valence-electron chi connectivity index (χ3n) is 7.26. The van der Waals surface area contributed by atoms with Crippen LogP contribution in [0.2, 0.25) is 0 Å². The Morgan fingerprint density at radius 1 is 0.275 bits per heavy atom. The van der Waals surface area contributed by atoms with E-state index in [1.165, 1.54) is 22.3 Å². The molecule has 0 aliphatic carbocycles. The van der Waals surface area contributed by atoms with Crippen LogP contribution in [0, 0.1) is 27.7 Å². The fourth-order valence-corrected chi connectivity index (χ4v) is 4.78. The average molecular weight is 521 g/mol. The SMILES string of the molecule is Cc1ccc(-c2cc(-c3cc(-c4ccc(C)cc4)[o+]c(-c4ccc(C)cc4)c3)cc(-c3ccc(C)cc3)[o+]2)cc1. The lowest BCUT2D eigenvalue weighted by atomic mass is 9.98. The maximum atomic E-state index is 6.52. The van der Waals surface area contributed by atoms with Gasteiger partial charge in [-0.1, -0.05) is 70.8 Å². The monoisotopic (exact) mass is 520 g/mol. The van der Waals surface area contributed by atoms with Crippen molar-refractivity contribution in [2.45, 2.75) is 27.7 Å². The van der Waals surface area contributed by atoms with Crippen molar-refractivity contribution in [1.82, 2.24) is 0 Å². The fraction of sp³-hybridized carbons (Fsp3) is 0.105. The summed E-state index contributed by atoms with van der Waals surface area (Å²) in [6, 6.07) is 42.4. The van der Waals surface area contributed by atoms with Gasteiger partial charge in [-0.3, -0.25) is 0 Å². The molecule has 0 aliphatic heterocycles. The lowest BCUT2D eigenvalue weighted by molar-refractivity contribution is 0.579. The zero-order valence-electron chi connectivity index (χ0n) is 23.4. The summed E-state index contributed by atoms with van der Waals surface area (Å²) in [5, 5.41) is 0. The van der Waals surface area contributed by atoms with Gasteiger partial charge in [0.1, 0.15) is 0 Å². The molecule has 0 bridgehead atoms. The van der Waals surface area contributed by atoms with Gasteiger partial charge in [-0.25, -0.2) is 8.83 Å². The molecule has 0 radical (unpaired) electrons. The first-order chi connectivity index (χ1) is 19.4. The van der Waals surface area contributed by atoms with E-state index in [0.717, 1.165) is 56.4 Å². The summed E-state index contributed by atoms with van der Waals surface area (Å²) < 4.78 is 13.0. The molecule has 0 N–H and O–H groups in total. The van der Waals surface area contributed by atoms with E-state index in [2.05, 4.69) is 149 Å². The number of hydrogen-bond donors (Lipinski definition) is 0. The third kappa shape index (κ3) is 5.48. The lowest BCUT2D eigenvalue weighted by Crippen LogP contribution is -1.89. The maximum absolute atomic E-state index is 6.52. The molecule has 0 atom stereocenters. The minimum absolute atomic E-state index is 0.822. The second-order valence-electron chi connectivity index (χ2n) is 10.6. The molecule has 2 heterocycles. The van der Waals surface area contributed by atoms with E-state index in [1.807, 2.05) is 0 Å². The van der Waals surface area contributed by atoms with Crippen molar-refractivity contribution in [2.24, 2.45) is 0 Å². The Balaban J connectivity index is 1.57. The molecule has 2 aromatic heterocycles. The van der Waals surface area contributed by atoms with Gasteiger partial charge in [0, 0.05) is 11.1 Å². The Labute approximate surface area is 236 Å². The number of benzene rings is 4. The van der Waals surface area contributed by atoms with E-state index >= 15 is 0 Å². The minimum atomic E-state index is 0.822. The molecule has 6 aromatic rings. The van der Waals surface area contributed by atoms with Gasteiger partial charge in [-0.15, -0.1) is 0 Å². The molecule has 0 amide bonds. The van der Waals surface area contributed by atoms with E-state index < -0.39 is 0 Å². The first-order valence-corrected chi connectivity index (χ1v) is 13.7. The van der Waals surface area contributed by atoms with Crippen LogP contribution in [0.25, 0.3) is 56.4 Å². The van der Waals surface area contributed by atoms with Crippen LogP contribution < -0.4 is 0 Å². The molecule has 2 heteroatoms. The molecule has 0 unspecified atom stereocenters. The van der Waals surface area contributed by atoms with Crippen molar-refractivity contribution in [3.63, 3.8) is 0 Å². The lowest BCUT2D eigenvalue weighted by Gasteiger charge is -2.04. The second kappa shape index (κ2) is 10.7. The average Bonchev–Trinajstić information content (AvgIpc) is 2.98. The highest BCUT2D eigenvalue weighted by atomic mass is 16.3. The third-order valence-corrected chi connectivity index (χ3v) is 7.26.